The Labute approximate surface area is 266 Å². The second-order valence-corrected chi connectivity index (χ2v) is 11.1. The van der Waals surface area contributed by atoms with Crippen molar-refractivity contribution in [1.82, 2.24) is 15.0 Å². The van der Waals surface area contributed by atoms with Crippen LogP contribution < -0.4 is 29.1 Å². The lowest BCUT2D eigenvalue weighted by Gasteiger charge is -2.28. The van der Waals surface area contributed by atoms with Crippen molar-refractivity contribution in [2.75, 3.05) is 61.6 Å². The number of ether oxygens (including phenoxy) is 5. The minimum Gasteiger partial charge on any atom is -0.493 e. The maximum absolute atomic E-state index is 13.3. The predicted octanol–water partition coefficient (Wildman–Crippen LogP) is 4.55. The minimum atomic E-state index is -4.11. The van der Waals surface area contributed by atoms with E-state index >= 15 is 0 Å². The Kier molecular flexibility index (Phi) is 10.8. The van der Waals surface area contributed by atoms with Crippen LogP contribution in [0.4, 0.5) is 22.2 Å². The fourth-order valence-electron chi connectivity index (χ4n) is 4.16. The molecule has 2 aromatic carbocycles. The van der Waals surface area contributed by atoms with Crippen LogP contribution in [0, 0.1) is 0 Å². The number of rotatable bonds is 13. The van der Waals surface area contributed by atoms with Gasteiger partial charge in [-0.15, -0.1) is 0 Å². The minimum absolute atomic E-state index is 0.0923. The lowest BCUT2D eigenvalue weighted by molar-refractivity contribution is 0.121. The summed E-state index contributed by atoms with van der Waals surface area (Å²) < 4.78 is 57.4. The predicted molar refractivity (Wildman–Crippen MR) is 171 cm³/mol. The van der Waals surface area contributed by atoms with Gasteiger partial charge in [-0.2, -0.15) is 9.97 Å². The summed E-state index contributed by atoms with van der Waals surface area (Å²) in [6.07, 6.45) is 3.83. The highest BCUT2D eigenvalue weighted by Gasteiger charge is 2.26. The Morgan fingerprint density at radius 3 is 2.41 bits per heavy atom. The van der Waals surface area contributed by atoms with Crippen LogP contribution in [0.1, 0.15) is 5.56 Å². The van der Waals surface area contributed by atoms with Crippen LogP contribution in [0.3, 0.4) is 0 Å². The van der Waals surface area contributed by atoms with Gasteiger partial charge < -0.3 is 28.6 Å². The zero-order valence-corrected chi connectivity index (χ0v) is 25.7. The third-order valence-electron chi connectivity index (χ3n) is 6.36. The molecule has 240 valence electrons. The molecule has 1 aliphatic heterocycles. The van der Waals surface area contributed by atoms with Gasteiger partial charge in [0.05, 0.1) is 25.7 Å². The number of pyridine rings is 1. The smallest absolute Gasteiger partial charge is 0.411 e. The number of amides is 1. The Morgan fingerprint density at radius 1 is 0.957 bits per heavy atom. The molecule has 1 fully saturated rings. The average molecular weight is 649 g/mol. The second kappa shape index (κ2) is 15.5. The van der Waals surface area contributed by atoms with E-state index in [1.54, 1.807) is 60.7 Å². The lowest BCUT2D eigenvalue weighted by Crippen LogP contribution is -2.37. The number of morpholine rings is 1. The van der Waals surface area contributed by atoms with Crippen LogP contribution >= 0.6 is 0 Å². The largest absolute Gasteiger partial charge is 0.493 e. The summed E-state index contributed by atoms with van der Waals surface area (Å²) in [6.45, 7) is 1.48. The lowest BCUT2D eigenvalue weighted by atomic mass is 10.2. The fraction of sp³-hybridized carbons (Fsp3) is 0.226. The molecule has 2 aromatic heterocycles. The molecule has 46 heavy (non-hydrogen) atoms. The summed E-state index contributed by atoms with van der Waals surface area (Å²) in [4.78, 5) is 27.1. The summed E-state index contributed by atoms with van der Waals surface area (Å²) in [7, 11) is -2.63. The molecule has 14 nitrogen and oxygen atoms in total. The molecule has 4 aromatic rings. The molecule has 1 aliphatic rings. The number of nitrogens with one attached hydrogen (secondary N) is 2. The summed E-state index contributed by atoms with van der Waals surface area (Å²) >= 11 is 0. The third kappa shape index (κ3) is 9.06. The summed E-state index contributed by atoms with van der Waals surface area (Å²) in [5.41, 5.74) is 1.20. The van der Waals surface area contributed by atoms with E-state index in [1.807, 2.05) is 11.0 Å². The summed E-state index contributed by atoms with van der Waals surface area (Å²) in [5.74, 6) is 0.424. The first-order valence-electron chi connectivity index (χ1n) is 14.2. The number of anilines is 3. The Hall–Kier alpha value is -5.41. The van der Waals surface area contributed by atoms with E-state index in [2.05, 4.69) is 25.0 Å². The van der Waals surface area contributed by atoms with Gasteiger partial charge in [0.1, 0.15) is 13.2 Å². The van der Waals surface area contributed by atoms with Crippen LogP contribution in [-0.4, -0.2) is 76.1 Å². The molecule has 0 aliphatic carbocycles. The second-order valence-electron chi connectivity index (χ2n) is 9.56. The van der Waals surface area contributed by atoms with Crippen molar-refractivity contribution in [3.05, 3.63) is 90.1 Å². The van der Waals surface area contributed by atoms with Gasteiger partial charge in [0.25, 0.3) is 15.9 Å². The summed E-state index contributed by atoms with van der Waals surface area (Å²) in [6, 6.07) is 19.0. The van der Waals surface area contributed by atoms with Gasteiger partial charge in [-0.05, 0) is 35.9 Å². The van der Waals surface area contributed by atoms with E-state index < -0.39 is 16.1 Å². The SMILES string of the molecule is COc1ccccc1Oc1c(NS(=O)(=O)C=Cc2ccccc2)nc(N2CCOCC2)nc1OCCOC(=O)Nc1ccncc1. The molecule has 15 heteroatoms. The standard InChI is InChI=1S/C31H32N6O8S/c1-41-25-9-5-6-10-26(25)45-27-28(36-46(39,40)22-13-23-7-3-2-4-8-23)34-30(37-16-18-42-19-17-37)35-29(27)43-20-21-44-31(38)33-24-11-14-32-15-12-24/h2-15,22H,16-21H2,1H3,(H,32,33,38)(H,34,35,36). The number of aromatic nitrogens is 3. The number of hydrogen-bond acceptors (Lipinski definition) is 12. The Balaban J connectivity index is 1.45. The van der Waals surface area contributed by atoms with Crippen LogP contribution in [0.15, 0.2) is 84.5 Å². The first-order chi connectivity index (χ1) is 22.4. The summed E-state index contributed by atoms with van der Waals surface area (Å²) in [5, 5.41) is 3.61. The van der Waals surface area contributed by atoms with Crippen molar-refractivity contribution in [1.29, 1.82) is 0 Å². The zero-order valence-electron chi connectivity index (χ0n) is 24.9. The van der Waals surface area contributed by atoms with E-state index in [0.717, 1.165) is 5.41 Å². The number of sulfonamides is 1. The maximum atomic E-state index is 13.3. The number of carbonyl (C=O) groups excluding carboxylic acids is 1. The van der Waals surface area contributed by atoms with Gasteiger partial charge >= 0.3 is 6.09 Å². The van der Waals surface area contributed by atoms with Crippen LogP contribution in [-0.2, 0) is 19.5 Å². The van der Waals surface area contributed by atoms with Gasteiger partial charge in [-0.3, -0.25) is 15.0 Å². The van der Waals surface area contributed by atoms with Crippen LogP contribution in [0.2, 0.25) is 0 Å². The Bertz CT molecular complexity index is 1740. The molecule has 0 bridgehead atoms. The molecule has 2 N–H and O–H groups in total. The van der Waals surface area contributed by atoms with Gasteiger partial charge in [-0.1, -0.05) is 42.5 Å². The van der Waals surface area contributed by atoms with Gasteiger partial charge in [0, 0.05) is 31.2 Å². The van der Waals surface area contributed by atoms with E-state index in [1.165, 1.54) is 25.6 Å². The molecule has 5 rings (SSSR count). The highest BCUT2D eigenvalue weighted by molar-refractivity contribution is 7.95. The average Bonchev–Trinajstić information content (AvgIpc) is 3.08. The highest BCUT2D eigenvalue weighted by atomic mass is 32.2. The van der Waals surface area contributed by atoms with E-state index in [-0.39, 0.29) is 42.4 Å². The van der Waals surface area contributed by atoms with E-state index in [0.29, 0.717) is 43.3 Å². The number of carbonyl (C=O) groups is 1. The molecule has 0 unspecified atom stereocenters. The number of para-hydroxylation sites is 2. The molecule has 0 radical (unpaired) electrons. The van der Waals surface area contributed by atoms with Crippen molar-refractivity contribution in [2.45, 2.75) is 0 Å². The third-order valence-corrected chi connectivity index (χ3v) is 7.33. The van der Waals surface area contributed by atoms with Crippen molar-refractivity contribution in [3.8, 4) is 23.1 Å². The molecule has 1 amide bonds. The molecule has 0 spiro atoms. The van der Waals surface area contributed by atoms with Gasteiger partial charge in [0.15, 0.2) is 17.3 Å². The van der Waals surface area contributed by atoms with Crippen LogP contribution in [0.5, 0.6) is 23.1 Å². The van der Waals surface area contributed by atoms with Crippen molar-refractivity contribution in [3.63, 3.8) is 0 Å². The maximum Gasteiger partial charge on any atom is 0.411 e. The normalized spacial score (nSPS) is 13.2. The van der Waals surface area contributed by atoms with Crippen LogP contribution in [0.25, 0.3) is 6.08 Å². The molecule has 0 atom stereocenters. The zero-order chi connectivity index (χ0) is 32.2. The molecule has 0 saturated carbocycles. The quantitative estimate of drug-likeness (QED) is 0.195. The first-order valence-corrected chi connectivity index (χ1v) is 15.7. The van der Waals surface area contributed by atoms with E-state index in [9.17, 15) is 13.2 Å². The molecule has 3 heterocycles. The van der Waals surface area contributed by atoms with Gasteiger partial charge in [0.2, 0.25) is 11.7 Å². The van der Waals surface area contributed by atoms with Gasteiger partial charge in [-0.25, -0.2) is 13.2 Å². The highest BCUT2D eigenvalue weighted by Crippen LogP contribution is 2.41. The topological polar surface area (TPSA) is 163 Å². The van der Waals surface area contributed by atoms with Crippen molar-refractivity contribution < 1.29 is 36.9 Å². The number of hydrogen-bond donors (Lipinski definition) is 2. The monoisotopic (exact) mass is 648 g/mol. The number of methoxy groups -OCH3 is 1. The Morgan fingerprint density at radius 2 is 1.67 bits per heavy atom. The van der Waals surface area contributed by atoms with Crippen molar-refractivity contribution in [2.24, 2.45) is 0 Å². The first kappa shape index (κ1) is 32.0. The number of benzene rings is 2. The number of nitrogens with zero attached hydrogens (tertiary/aromatic N) is 4. The molecule has 1 saturated heterocycles. The van der Waals surface area contributed by atoms with Crippen molar-refractivity contribution >= 4 is 39.6 Å². The van der Waals surface area contributed by atoms with E-state index in [4.69, 9.17) is 23.7 Å². The molecular formula is C31H32N6O8S. The molecular weight excluding hydrogens is 616 g/mol. The fourth-order valence-corrected chi connectivity index (χ4v) is 4.97.